The molecule has 0 saturated heterocycles. The molecule has 0 radical (unpaired) electrons. The highest BCUT2D eigenvalue weighted by Gasteiger charge is 2.14. The summed E-state index contributed by atoms with van der Waals surface area (Å²) in [5, 5.41) is 3.25. The number of carbonyl (C=O) groups excluding carboxylic acids is 1. The van der Waals surface area contributed by atoms with Gasteiger partial charge in [-0.3, -0.25) is 4.79 Å². The van der Waals surface area contributed by atoms with Gasteiger partial charge < -0.3 is 15.1 Å². The lowest BCUT2D eigenvalue weighted by atomic mass is 10.4. The van der Waals surface area contributed by atoms with Gasteiger partial charge in [0, 0.05) is 36.4 Å². The van der Waals surface area contributed by atoms with Crippen molar-refractivity contribution in [2.45, 2.75) is 34.2 Å². The average molecular weight is 452 g/mol. The van der Waals surface area contributed by atoms with Crippen LogP contribution in [0.15, 0.2) is 17.1 Å². The van der Waals surface area contributed by atoms with Crippen LogP contribution in [-0.2, 0) is 11.3 Å². The maximum absolute atomic E-state index is 12.2. The predicted octanol–water partition coefficient (Wildman–Crippen LogP) is 2.94. The minimum absolute atomic E-state index is 0. The number of hydrogen-bond acceptors (Lipinski definition) is 3. The summed E-state index contributed by atoms with van der Waals surface area (Å²) < 4.78 is 0. The van der Waals surface area contributed by atoms with Crippen LogP contribution in [0.5, 0.6) is 0 Å². The molecule has 0 spiro atoms. The lowest BCUT2D eigenvalue weighted by Gasteiger charge is -2.25. The molecule has 1 aromatic rings. The van der Waals surface area contributed by atoms with Crippen molar-refractivity contribution in [3.05, 3.63) is 21.9 Å². The number of guanidine groups is 1. The molecule has 0 aliphatic carbocycles. The molecule has 5 nitrogen and oxygen atoms in total. The first kappa shape index (κ1) is 22.2. The molecule has 23 heavy (non-hydrogen) atoms. The molecule has 132 valence electrons. The summed E-state index contributed by atoms with van der Waals surface area (Å²) in [5.74, 6) is 0.902. The van der Waals surface area contributed by atoms with Gasteiger partial charge in [0.25, 0.3) is 0 Å². The summed E-state index contributed by atoms with van der Waals surface area (Å²) in [6.45, 7) is 11.4. The standard InChI is InChI=1S/C16H28N4OS.HI/c1-6-17-16(18-11-14-10-9-13(4)22-14)19(5)12-15(21)20(7-2)8-3;/h9-10H,6-8,11-12H2,1-5H3,(H,17,18);1H. The summed E-state index contributed by atoms with van der Waals surface area (Å²) in [7, 11) is 1.91. The molecule has 0 bridgehead atoms. The van der Waals surface area contributed by atoms with Crippen molar-refractivity contribution in [1.29, 1.82) is 0 Å². The SMILES string of the molecule is CCNC(=NCc1ccc(C)s1)N(C)CC(=O)N(CC)CC.I. The molecule has 1 aromatic heterocycles. The Labute approximate surface area is 161 Å². The fourth-order valence-corrected chi connectivity index (χ4v) is 2.96. The molecule has 7 heteroatoms. The number of rotatable bonds is 7. The number of aryl methyl sites for hydroxylation is 1. The number of halogens is 1. The molecule has 1 rings (SSSR count). The normalized spacial score (nSPS) is 10.9. The minimum atomic E-state index is 0. The molecule has 0 unspecified atom stereocenters. The van der Waals surface area contributed by atoms with Gasteiger partial charge in [-0.1, -0.05) is 0 Å². The van der Waals surface area contributed by atoms with Gasteiger partial charge in [0.05, 0.1) is 13.1 Å². The van der Waals surface area contributed by atoms with E-state index in [1.807, 2.05) is 37.6 Å². The maximum Gasteiger partial charge on any atom is 0.242 e. The fourth-order valence-electron chi connectivity index (χ4n) is 2.15. The van der Waals surface area contributed by atoms with Gasteiger partial charge in [0.1, 0.15) is 0 Å². The molecule has 0 aliphatic heterocycles. The highest BCUT2D eigenvalue weighted by Crippen LogP contribution is 2.15. The Morgan fingerprint density at radius 3 is 2.39 bits per heavy atom. The Morgan fingerprint density at radius 2 is 1.91 bits per heavy atom. The monoisotopic (exact) mass is 452 g/mol. The third-order valence-electron chi connectivity index (χ3n) is 3.37. The van der Waals surface area contributed by atoms with Crippen LogP contribution in [0.1, 0.15) is 30.5 Å². The molecule has 0 fully saturated rings. The number of aliphatic imine (C=N–C) groups is 1. The van der Waals surface area contributed by atoms with Crippen LogP contribution in [0.2, 0.25) is 0 Å². The third-order valence-corrected chi connectivity index (χ3v) is 4.35. The van der Waals surface area contributed by atoms with Crippen molar-refractivity contribution < 1.29 is 4.79 Å². The Hall–Kier alpha value is -0.830. The summed E-state index contributed by atoms with van der Waals surface area (Å²) >= 11 is 1.76. The molecule has 0 saturated carbocycles. The van der Waals surface area contributed by atoms with Crippen LogP contribution in [0.3, 0.4) is 0 Å². The largest absolute Gasteiger partial charge is 0.357 e. The lowest BCUT2D eigenvalue weighted by Crippen LogP contribution is -2.45. The second-order valence-electron chi connectivity index (χ2n) is 5.10. The Kier molecular flexibility index (Phi) is 11.2. The second-order valence-corrected chi connectivity index (χ2v) is 6.48. The minimum Gasteiger partial charge on any atom is -0.357 e. The Morgan fingerprint density at radius 1 is 1.26 bits per heavy atom. The first-order valence-corrected chi connectivity index (χ1v) is 8.65. The molecular formula is C16H29IN4OS. The van der Waals surface area contributed by atoms with E-state index in [4.69, 9.17) is 0 Å². The molecule has 1 heterocycles. The van der Waals surface area contributed by atoms with E-state index in [-0.39, 0.29) is 29.9 Å². The van der Waals surface area contributed by atoms with Gasteiger partial charge in [-0.15, -0.1) is 35.3 Å². The number of thiophene rings is 1. The van der Waals surface area contributed by atoms with Gasteiger partial charge in [-0.2, -0.15) is 0 Å². The van der Waals surface area contributed by atoms with Crippen LogP contribution in [-0.4, -0.2) is 54.9 Å². The van der Waals surface area contributed by atoms with Crippen molar-refractivity contribution in [2.24, 2.45) is 4.99 Å². The lowest BCUT2D eigenvalue weighted by molar-refractivity contribution is -0.131. The van der Waals surface area contributed by atoms with Gasteiger partial charge in [-0.05, 0) is 39.8 Å². The van der Waals surface area contributed by atoms with Crippen LogP contribution < -0.4 is 5.32 Å². The van der Waals surface area contributed by atoms with E-state index in [0.717, 1.165) is 25.6 Å². The quantitative estimate of drug-likeness (QED) is 0.393. The molecule has 0 atom stereocenters. The summed E-state index contributed by atoms with van der Waals surface area (Å²) in [6, 6.07) is 4.21. The topological polar surface area (TPSA) is 47.9 Å². The van der Waals surface area contributed by atoms with Crippen molar-refractivity contribution in [2.75, 3.05) is 33.2 Å². The third kappa shape index (κ3) is 7.52. The van der Waals surface area contributed by atoms with Crippen molar-refractivity contribution in [3.8, 4) is 0 Å². The zero-order valence-electron chi connectivity index (χ0n) is 14.8. The first-order valence-electron chi connectivity index (χ1n) is 7.84. The van der Waals surface area contributed by atoms with Crippen molar-refractivity contribution in [1.82, 2.24) is 15.1 Å². The summed E-state index contributed by atoms with van der Waals surface area (Å²) in [6.07, 6.45) is 0. The predicted molar refractivity (Wildman–Crippen MR) is 110 cm³/mol. The van der Waals surface area contributed by atoms with E-state index in [9.17, 15) is 4.79 Å². The van der Waals surface area contributed by atoms with E-state index in [0.29, 0.717) is 13.1 Å². The van der Waals surface area contributed by atoms with E-state index >= 15 is 0 Å². The molecule has 1 amide bonds. The zero-order chi connectivity index (χ0) is 16.5. The number of nitrogens with one attached hydrogen (secondary N) is 1. The van der Waals surface area contributed by atoms with Gasteiger partial charge >= 0.3 is 0 Å². The van der Waals surface area contributed by atoms with Gasteiger partial charge in [0.15, 0.2) is 5.96 Å². The number of amides is 1. The van der Waals surface area contributed by atoms with Crippen LogP contribution in [0, 0.1) is 6.92 Å². The van der Waals surface area contributed by atoms with Crippen LogP contribution in [0.4, 0.5) is 0 Å². The Balaban J connectivity index is 0.00000484. The summed E-state index contributed by atoms with van der Waals surface area (Å²) in [4.78, 5) is 23.1. The number of carbonyl (C=O) groups is 1. The van der Waals surface area contributed by atoms with E-state index < -0.39 is 0 Å². The number of hydrogen-bond donors (Lipinski definition) is 1. The van der Waals surface area contributed by atoms with Gasteiger partial charge in [0.2, 0.25) is 5.91 Å². The van der Waals surface area contributed by atoms with E-state index in [2.05, 4.69) is 29.4 Å². The highest BCUT2D eigenvalue weighted by molar-refractivity contribution is 14.0. The zero-order valence-corrected chi connectivity index (χ0v) is 17.9. The maximum atomic E-state index is 12.2. The smallest absolute Gasteiger partial charge is 0.242 e. The Bertz CT molecular complexity index is 500. The fraction of sp³-hybridized carbons (Fsp3) is 0.625. The second kappa shape index (κ2) is 11.7. The first-order chi connectivity index (χ1) is 10.5. The molecule has 0 aliphatic rings. The van der Waals surface area contributed by atoms with E-state index in [1.165, 1.54) is 9.75 Å². The van der Waals surface area contributed by atoms with Crippen LogP contribution in [0.25, 0.3) is 0 Å². The van der Waals surface area contributed by atoms with Crippen LogP contribution >= 0.6 is 35.3 Å². The molecule has 1 N–H and O–H groups in total. The van der Waals surface area contributed by atoms with Crippen molar-refractivity contribution >= 4 is 47.2 Å². The molecule has 0 aromatic carbocycles. The highest BCUT2D eigenvalue weighted by atomic mass is 127. The average Bonchev–Trinajstić information content (AvgIpc) is 2.90. The number of likely N-dealkylation sites (N-methyl/N-ethyl adjacent to an activating group) is 2. The van der Waals surface area contributed by atoms with E-state index in [1.54, 1.807) is 11.3 Å². The molecular weight excluding hydrogens is 423 g/mol. The number of nitrogens with zero attached hydrogens (tertiary/aromatic N) is 3. The van der Waals surface area contributed by atoms with Gasteiger partial charge in [-0.25, -0.2) is 4.99 Å². The van der Waals surface area contributed by atoms with Crippen molar-refractivity contribution in [3.63, 3.8) is 0 Å². The summed E-state index contributed by atoms with van der Waals surface area (Å²) in [5.41, 5.74) is 0.